The maximum Gasteiger partial charge on any atom is 0.142 e. The van der Waals surface area contributed by atoms with Crippen LogP contribution in [0.25, 0.3) is 0 Å². The first-order valence-corrected chi connectivity index (χ1v) is 6.06. The normalized spacial score (nSPS) is 17.5. The van der Waals surface area contributed by atoms with Crippen LogP contribution in [0, 0.1) is 5.82 Å². The highest BCUT2D eigenvalue weighted by atomic mass is 19.1. The molecule has 1 N–H and O–H groups in total. The molecule has 0 radical (unpaired) electrons. The van der Waals surface area contributed by atoms with Gasteiger partial charge in [0, 0.05) is 6.42 Å². The van der Waals surface area contributed by atoms with E-state index < -0.39 is 0 Å². The van der Waals surface area contributed by atoms with Gasteiger partial charge in [0.25, 0.3) is 0 Å². The topological polar surface area (TPSA) is 21.3 Å². The average molecular weight is 243 g/mol. The Morgan fingerprint density at radius 2 is 1.89 bits per heavy atom. The van der Waals surface area contributed by atoms with E-state index in [1.807, 2.05) is 30.3 Å². The smallest absolute Gasteiger partial charge is 0.142 e. The molecule has 2 aromatic carbocycles. The van der Waals surface area contributed by atoms with Gasteiger partial charge >= 0.3 is 0 Å². The van der Waals surface area contributed by atoms with E-state index in [9.17, 15) is 4.39 Å². The van der Waals surface area contributed by atoms with Crippen LogP contribution >= 0.6 is 0 Å². The molecule has 2 aromatic rings. The van der Waals surface area contributed by atoms with Crippen LogP contribution in [0.2, 0.25) is 0 Å². The average Bonchev–Trinajstić information content (AvgIpc) is 2.41. The molecule has 3 heteroatoms. The number of hydrogen-bond acceptors (Lipinski definition) is 2. The minimum Gasteiger partial charge on any atom is -0.486 e. The molecule has 1 aliphatic rings. The predicted octanol–water partition coefficient (Wildman–Crippen LogP) is 3.24. The zero-order valence-corrected chi connectivity index (χ0v) is 9.90. The van der Waals surface area contributed by atoms with Crippen molar-refractivity contribution in [3.63, 3.8) is 0 Å². The van der Waals surface area contributed by atoms with E-state index in [1.165, 1.54) is 6.07 Å². The van der Waals surface area contributed by atoms with Crippen molar-refractivity contribution in [2.45, 2.75) is 12.5 Å². The molecule has 0 aromatic heterocycles. The maximum absolute atomic E-state index is 13.6. The van der Waals surface area contributed by atoms with Gasteiger partial charge in [-0.05, 0) is 23.8 Å². The number of nitrogens with one attached hydrogen (secondary N) is 1. The van der Waals surface area contributed by atoms with E-state index in [1.54, 1.807) is 12.1 Å². The Morgan fingerprint density at radius 1 is 1.11 bits per heavy atom. The molecule has 0 amide bonds. The van der Waals surface area contributed by atoms with Crippen molar-refractivity contribution in [2.75, 3.05) is 11.9 Å². The van der Waals surface area contributed by atoms with Crippen molar-refractivity contribution in [3.05, 3.63) is 59.9 Å². The van der Waals surface area contributed by atoms with Gasteiger partial charge in [-0.25, -0.2) is 4.39 Å². The first-order chi connectivity index (χ1) is 8.83. The Morgan fingerprint density at radius 3 is 2.78 bits per heavy atom. The fourth-order valence-corrected chi connectivity index (χ4v) is 2.18. The van der Waals surface area contributed by atoms with Gasteiger partial charge in [-0.2, -0.15) is 0 Å². The summed E-state index contributed by atoms with van der Waals surface area (Å²) in [6, 6.07) is 14.7. The molecule has 0 aliphatic carbocycles. The van der Waals surface area contributed by atoms with Crippen LogP contribution in [0.15, 0.2) is 48.5 Å². The predicted molar refractivity (Wildman–Crippen MR) is 69.5 cm³/mol. The van der Waals surface area contributed by atoms with E-state index >= 15 is 0 Å². The molecule has 1 unspecified atom stereocenters. The van der Waals surface area contributed by atoms with Crippen LogP contribution in [0.3, 0.4) is 0 Å². The largest absolute Gasteiger partial charge is 0.486 e. The lowest BCUT2D eigenvalue weighted by atomic mass is 10.1. The SMILES string of the molecule is Fc1ccccc1CC1CNc2ccccc2O1. The molecule has 0 spiro atoms. The van der Waals surface area contributed by atoms with Crippen LogP contribution < -0.4 is 10.1 Å². The molecule has 0 saturated carbocycles. The molecule has 0 saturated heterocycles. The van der Waals surface area contributed by atoms with Crippen LogP contribution in [-0.4, -0.2) is 12.6 Å². The Kier molecular flexibility index (Phi) is 2.89. The summed E-state index contributed by atoms with van der Waals surface area (Å²) < 4.78 is 19.4. The number of halogens is 1. The van der Waals surface area contributed by atoms with Gasteiger partial charge in [0.2, 0.25) is 0 Å². The summed E-state index contributed by atoms with van der Waals surface area (Å²) in [5.41, 5.74) is 1.70. The van der Waals surface area contributed by atoms with Crippen molar-refractivity contribution in [1.82, 2.24) is 0 Å². The van der Waals surface area contributed by atoms with Crippen molar-refractivity contribution < 1.29 is 9.13 Å². The second-order valence-electron chi connectivity index (χ2n) is 4.41. The summed E-state index contributed by atoms with van der Waals surface area (Å²) in [7, 11) is 0. The summed E-state index contributed by atoms with van der Waals surface area (Å²) in [6.07, 6.45) is 0.547. The lowest BCUT2D eigenvalue weighted by molar-refractivity contribution is 0.205. The number of ether oxygens (including phenoxy) is 1. The third-order valence-corrected chi connectivity index (χ3v) is 3.11. The third-order valence-electron chi connectivity index (χ3n) is 3.11. The minimum absolute atomic E-state index is 0.0307. The summed E-state index contributed by atoms with van der Waals surface area (Å²) in [4.78, 5) is 0. The fraction of sp³-hybridized carbons (Fsp3) is 0.200. The van der Waals surface area contributed by atoms with Crippen molar-refractivity contribution in [2.24, 2.45) is 0 Å². The Bertz CT molecular complexity index is 556. The molecular weight excluding hydrogens is 229 g/mol. The highest BCUT2D eigenvalue weighted by Gasteiger charge is 2.20. The van der Waals surface area contributed by atoms with Gasteiger partial charge in [0.05, 0.1) is 12.2 Å². The number of rotatable bonds is 2. The van der Waals surface area contributed by atoms with E-state index in [0.717, 1.165) is 11.4 Å². The molecule has 0 bridgehead atoms. The van der Waals surface area contributed by atoms with Gasteiger partial charge in [-0.15, -0.1) is 0 Å². The first-order valence-electron chi connectivity index (χ1n) is 6.06. The highest BCUT2D eigenvalue weighted by molar-refractivity contribution is 5.57. The first kappa shape index (κ1) is 11.1. The number of anilines is 1. The quantitative estimate of drug-likeness (QED) is 0.874. The zero-order chi connectivity index (χ0) is 12.4. The molecular formula is C15H14FNO. The van der Waals surface area contributed by atoms with E-state index in [-0.39, 0.29) is 11.9 Å². The van der Waals surface area contributed by atoms with Crippen molar-refractivity contribution in [1.29, 1.82) is 0 Å². The lowest BCUT2D eigenvalue weighted by Crippen LogP contribution is -2.32. The Hall–Kier alpha value is -2.03. The molecule has 92 valence electrons. The van der Waals surface area contributed by atoms with E-state index in [4.69, 9.17) is 4.74 Å². The van der Waals surface area contributed by atoms with Crippen LogP contribution in [0.4, 0.5) is 10.1 Å². The summed E-state index contributed by atoms with van der Waals surface area (Å²) in [6.45, 7) is 0.700. The van der Waals surface area contributed by atoms with Gasteiger partial charge < -0.3 is 10.1 Å². The number of fused-ring (bicyclic) bond motifs is 1. The fourth-order valence-electron chi connectivity index (χ4n) is 2.18. The van der Waals surface area contributed by atoms with Gasteiger partial charge in [0.15, 0.2) is 0 Å². The molecule has 18 heavy (non-hydrogen) atoms. The molecule has 1 atom stereocenters. The Labute approximate surface area is 105 Å². The summed E-state index contributed by atoms with van der Waals surface area (Å²) >= 11 is 0. The van der Waals surface area contributed by atoms with Crippen LogP contribution in [-0.2, 0) is 6.42 Å². The molecule has 1 aliphatic heterocycles. The molecule has 0 fully saturated rings. The van der Waals surface area contributed by atoms with Gasteiger partial charge in [0.1, 0.15) is 17.7 Å². The van der Waals surface area contributed by atoms with Crippen LogP contribution in [0.1, 0.15) is 5.56 Å². The van der Waals surface area contributed by atoms with Crippen molar-refractivity contribution >= 4 is 5.69 Å². The van der Waals surface area contributed by atoms with Crippen LogP contribution in [0.5, 0.6) is 5.75 Å². The molecule has 2 nitrogen and oxygen atoms in total. The lowest BCUT2D eigenvalue weighted by Gasteiger charge is -2.27. The standard InChI is InChI=1S/C15H14FNO/c16-13-6-2-1-5-11(13)9-12-10-17-14-7-3-4-8-15(14)18-12/h1-8,12,17H,9-10H2. The molecule has 1 heterocycles. The number of hydrogen-bond donors (Lipinski definition) is 1. The van der Waals surface area contributed by atoms with E-state index in [0.29, 0.717) is 18.5 Å². The van der Waals surface area contributed by atoms with E-state index in [2.05, 4.69) is 5.32 Å². The second-order valence-corrected chi connectivity index (χ2v) is 4.41. The maximum atomic E-state index is 13.6. The third kappa shape index (κ3) is 2.16. The summed E-state index contributed by atoms with van der Waals surface area (Å²) in [5.74, 6) is 0.671. The monoisotopic (exact) mass is 243 g/mol. The van der Waals surface area contributed by atoms with Gasteiger partial charge in [-0.3, -0.25) is 0 Å². The Balaban J connectivity index is 1.75. The highest BCUT2D eigenvalue weighted by Crippen LogP contribution is 2.29. The second kappa shape index (κ2) is 4.69. The number of para-hydroxylation sites is 2. The zero-order valence-electron chi connectivity index (χ0n) is 9.90. The number of benzene rings is 2. The minimum atomic E-state index is -0.167. The molecule has 3 rings (SSSR count). The summed E-state index contributed by atoms with van der Waals surface area (Å²) in [5, 5.41) is 3.30. The van der Waals surface area contributed by atoms with Crippen molar-refractivity contribution in [3.8, 4) is 5.75 Å². The van der Waals surface area contributed by atoms with Gasteiger partial charge in [-0.1, -0.05) is 30.3 Å².